The fourth-order valence-corrected chi connectivity index (χ4v) is 2.91. The summed E-state index contributed by atoms with van der Waals surface area (Å²) < 4.78 is 14.9. The SMILES string of the molecule is Cc1nc2ccc(F)cn2c1C(=O)NCCc1nc2ccccc2[nH]1. The van der Waals surface area contributed by atoms with Crippen molar-refractivity contribution in [3.63, 3.8) is 0 Å². The molecule has 3 aromatic heterocycles. The number of imidazole rings is 2. The molecule has 1 aromatic carbocycles. The minimum Gasteiger partial charge on any atom is -0.350 e. The fourth-order valence-electron chi connectivity index (χ4n) is 2.91. The molecule has 4 rings (SSSR count). The smallest absolute Gasteiger partial charge is 0.270 e. The van der Waals surface area contributed by atoms with Gasteiger partial charge in [0, 0.05) is 19.2 Å². The Morgan fingerprint density at radius 3 is 2.92 bits per heavy atom. The van der Waals surface area contributed by atoms with Crippen molar-refractivity contribution in [1.82, 2.24) is 24.7 Å². The van der Waals surface area contributed by atoms with Crippen LogP contribution in [-0.2, 0) is 6.42 Å². The maximum atomic E-state index is 13.5. The molecule has 4 aromatic rings. The summed E-state index contributed by atoms with van der Waals surface area (Å²) in [4.78, 5) is 24.5. The first kappa shape index (κ1) is 15.3. The average Bonchev–Trinajstić information content (AvgIpc) is 3.14. The summed E-state index contributed by atoms with van der Waals surface area (Å²) in [6, 6.07) is 10.6. The normalized spacial score (nSPS) is 11.3. The molecular formula is C18H16FN5O. The Morgan fingerprint density at radius 1 is 1.24 bits per heavy atom. The number of H-pyrrole nitrogens is 1. The van der Waals surface area contributed by atoms with E-state index in [4.69, 9.17) is 0 Å². The van der Waals surface area contributed by atoms with Gasteiger partial charge in [0.05, 0.1) is 16.7 Å². The summed E-state index contributed by atoms with van der Waals surface area (Å²) in [5.41, 5.74) is 3.32. The zero-order valence-corrected chi connectivity index (χ0v) is 13.6. The summed E-state index contributed by atoms with van der Waals surface area (Å²) in [7, 11) is 0. The first-order valence-electron chi connectivity index (χ1n) is 7.98. The number of para-hydroxylation sites is 2. The summed E-state index contributed by atoms with van der Waals surface area (Å²) >= 11 is 0. The second kappa shape index (κ2) is 6.01. The van der Waals surface area contributed by atoms with Crippen molar-refractivity contribution < 1.29 is 9.18 Å². The number of amides is 1. The topological polar surface area (TPSA) is 75.1 Å². The number of hydrogen-bond donors (Lipinski definition) is 2. The number of benzene rings is 1. The standard InChI is InChI=1S/C18H16FN5O/c1-11-17(24-10-12(19)6-7-16(24)21-11)18(25)20-9-8-15-22-13-4-2-3-5-14(13)23-15/h2-7,10H,8-9H2,1H3,(H,20,25)(H,22,23). The number of nitrogens with zero attached hydrogens (tertiary/aromatic N) is 3. The van der Waals surface area contributed by atoms with Gasteiger partial charge in [0.2, 0.25) is 0 Å². The lowest BCUT2D eigenvalue weighted by molar-refractivity contribution is 0.0947. The Balaban J connectivity index is 1.49. The molecule has 7 heteroatoms. The van der Waals surface area contributed by atoms with E-state index in [0.29, 0.717) is 30.0 Å². The zero-order valence-electron chi connectivity index (χ0n) is 13.6. The third kappa shape index (κ3) is 2.84. The Labute approximate surface area is 142 Å². The zero-order chi connectivity index (χ0) is 17.4. The van der Waals surface area contributed by atoms with Crippen molar-refractivity contribution in [3.8, 4) is 0 Å². The van der Waals surface area contributed by atoms with Crippen molar-refractivity contribution in [2.24, 2.45) is 0 Å². The van der Waals surface area contributed by atoms with Crippen LogP contribution in [0.5, 0.6) is 0 Å². The van der Waals surface area contributed by atoms with Crippen molar-refractivity contribution in [3.05, 3.63) is 65.6 Å². The molecule has 0 aliphatic carbocycles. The highest BCUT2D eigenvalue weighted by molar-refractivity contribution is 5.94. The van der Waals surface area contributed by atoms with Gasteiger partial charge in [-0.25, -0.2) is 14.4 Å². The number of carbonyl (C=O) groups excluding carboxylic acids is 1. The van der Waals surface area contributed by atoms with E-state index in [2.05, 4.69) is 20.3 Å². The van der Waals surface area contributed by atoms with Crippen LogP contribution in [0.3, 0.4) is 0 Å². The van der Waals surface area contributed by atoms with Crippen LogP contribution in [0.15, 0.2) is 42.6 Å². The monoisotopic (exact) mass is 337 g/mol. The highest BCUT2D eigenvalue weighted by atomic mass is 19.1. The van der Waals surface area contributed by atoms with E-state index in [0.717, 1.165) is 16.9 Å². The molecule has 3 heterocycles. The van der Waals surface area contributed by atoms with Gasteiger partial charge in [-0.2, -0.15) is 0 Å². The molecule has 6 nitrogen and oxygen atoms in total. The Bertz CT molecular complexity index is 1050. The molecule has 0 bridgehead atoms. The fraction of sp³-hybridized carbons (Fsp3) is 0.167. The van der Waals surface area contributed by atoms with Gasteiger partial charge in [-0.15, -0.1) is 0 Å². The van der Waals surface area contributed by atoms with Crippen LogP contribution in [0.1, 0.15) is 22.0 Å². The lowest BCUT2D eigenvalue weighted by atomic mass is 10.3. The molecule has 1 amide bonds. The molecule has 0 atom stereocenters. The van der Waals surface area contributed by atoms with Crippen LogP contribution in [0.2, 0.25) is 0 Å². The lowest BCUT2D eigenvalue weighted by Gasteiger charge is -2.05. The number of hydrogen-bond acceptors (Lipinski definition) is 3. The quantitative estimate of drug-likeness (QED) is 0.601. The van der Waals surface area contributed by atoms with E-state index in [1.807, 2.05) is 24.3 Å². The second-order valence-electron chi connectivity index (χ2n) is 5.83. The maximum Gasteiger partial charge on any atom is 0.270 e. The van der Waals surface area contributed by atoms with E-state index in [9.17, 15) is 9.18 Å². The molecule has 0 unspecified atom stereocenters. The largest absolute Gasteiger partial charge is 0.350 e. The number of halogens is 1. The minimum absolute atomic E-state index is 0.285. The molecule has 0 spiro atoms. The molecule has 0 radical (unpaired) electrons. The first-order valence-corrected chi connectivity index (χ1v) is 7.98. The van der Waals surface area contributed by atoms with E-state index in [1.54, 1.807) is 13.0 Å². The molecule has 126 valence electrons. The molecular weight excluding hydrogens is 321 g/mol. The Hall–Kier alpha value is -3.22. The molecule has 0 fully saturated rings. The van der Waals surface area contributed by atoms with Gasteiger partial charge < -0.3 is 10.3 Å². The van der Waals surface area contributed by atoms with Gasteiger partial charge in [-0.1, -0.05) is 12.1 Å². The highest BCUT2D eigenvalue weighted by Crippen LogP contribution is 2.13. The van der Waals surface area contributed by atoms with Gasteiger partial charge in [0.25, 0.3) is 5.91 Å². The molecule has 0 saturated heterocycles. The Kier molecular flexibility index (Phi) is 3.68. The number of nitrogens with one attached hydrogen (secondary N) is 2. The molecule has 0 aliphatic rings. The molecule has 0 aliphatic heterocycles. The maximum absolute atomic E-state index is 13.5. The third-order valence-corrected chi connectivity index (χ3v) is 4.06. The van der Waals surface area contributed by atoms with Crippen LogP contribution in [-0.4, -0.2) is 31.8 Å². The third-order valence-electron chi connectivity index (χ3n) is 4.06. The van der Waals surface area contributed by atoms with E-state index in [1.165, 1.54) is 16.7 Å². The van der Waals surface area contributed by atoms with E-state index < -0.39 is 5.82 Å². The van der Waals surface area contributed by atoms with E-state index in [-0.39, 0.29) is 5.91 Å². The Morgan fingerprint density at radius 2 is 2.08 bits per heavy atom. The van der Waals surface area contributed by atoms with E-state index >= 15 is 0 Å². The minimum atomic E-state index is -0.416. The number of pyridine rings is 1. The van der Waals surface area contributed by atoms with Crippen LogP contribution in [0, 0.1) is 12.7 Å². The second-order valence-corrected chi connectivity index (χ2v) is 5.83. The predicted octanol–water partition coefficient (Wildman–Crippen LogP) is 2.63. The van der Waals surface area contributed by atoms with Gasteiger partial charge in [0.1, 0.15) is 23.0 Å². The molecule has 2 N–H and O–H groups in total. The van der Waals surface area contributed by atoms with Crippen LogP contribution < -0.4 is 5.32 Å². The summed E-state index contributed by atoms with van der Waals surface area (Å²) in [6.07, 6.45) is 1.84. The van der Waals surface area contributed by atoms with Crippen LogP contribution in [0.25, 0.3) is 16.7 Å². The number of aromatic amines is 1. The summed E-state index contributed by atoms with van der Waals surface area (Å²) in [6.45, 7) is 2.15. The van der Waals surface area contributed by atoms with Gasteiger partial charge >= 0.3 is 0 Å². The van der Waals surface area contributed by atoms with Gasteiger partial charge in [-0.05, 0) is 31.2 Å². The van der Waals surface area contributed by atoms with Crippen LogP contribution >= 0.6 is 0 Å². The van der Waals surface area contributed by atoms with Gasteiger partial charge in [0.15, 0.2) is 0 Å². The number of rotatable bonds is 4. The van der Waals surface area contributed by atoms with Crippen LogP contribution in [0.4, 0.5) is 4.39 Å². The number of fused-ring (bicyclic) bond motifs is 2. The predicted molar refractivity (Wildman–Crippen MR) is 92.0 cm³/mol. The van der Waals surface area contributed by atoms with Crippen molar-refractivity contribution in [2.45, 2.75) is 13.3 Å². The summed E-state index contributed by atoms with van der Waals surface area (Å²) in [5.74, 6) is 0.107. The summed E-state index contributed by atoms with van der Waals surface area (Å²) in [5, 5.41) is 2.85. The number of carbonyl (C=O) groups is 1. The van der Waals surface area contributed by atoms with Crippen molar-refractivity contribution in [2.75, 3.05) is 6.54 Å². The number of aromatic nitrogens is 4. The van der Waals surface area contributed by atoms with Gasteiger partial charge in [-0.3, -0.25) is 9.20 Å². The lowest BCUT2D eigenvalue weighted by Crippen LogP contribution is -2.27. The van der Waals surface area contributed by atoms with Crippen molar-refractivity contribution in [1.29, 1.82) is 0 Å². The number of aryl methyl sites for hydroxylation is 1. The average molecular weight is 337 g/mol. The molecule has 25 heavy (non-hydrogen) atoms. The highest BCUT2D eigenvalue weighted by Gasteiger charge is 2.16. The van der Waals surface area contributed by atoms with Crippen molar-refractivity contribution >= 4 is 22.6 Å². The molecule has 0 saturated carbocycles. The first-order chi connectivity index (χ1) is 12.1.